The highest BCUT2D eigenvalue weighted by Crippen LogP contribution is 2.29. The summed E-state index contributed by atoms with van der Waals surface area (Å²) in [5, 5.41) is 4.13. The van der Waals surface area contributed by atoms with Crippen LogP contribution in [0.15, 0.2) is 18.3 Å². The minimum absolute atomic E-state index is 0.157. The van der Waals surface area contributed by atoms with Gasteiger partial charge in [0.1, 0.15) is 16.6 Å². The smallest absolute Gasteiger partial charge is 0.243 e. The van der Waals surface area contributed by atoms with Gasteiger partial charge in [-0.15, -0.1) is 0 Å². The molecular weight excluding hydrogens is 324 g/mol. The van der Waals surface area contributed by atoms with Crippen LogP contribution in [0.4, 0.5) is 10.9 Å². The summed E-state index contributed by atoms with van der Waals surface area (Å²) < 4.78 is 10.4. The molecule has 0 atom stereocenters. The second-order valence-corrected chi connectivity index (χ2v) is 7.01. The first kappa shape index (κ1) is 15.3. The molecule has 0 unspecified atom stereocenters. The fourth-order valence-electron chi connectivity index (χ4n) is 2.96. The Morgan fingerprint density at radius 3 is 2.88 bits per heavy atom. The lowest BCUT2D eigenvalue weighted by Gasteiger charge is -2.26. The number of aromatic amines is 1. The van der Waals surface area contributed by atoms with Crippen molar-refractivity contribution in [2.75, 3.05) is 5.32 Å². The van der Waals surface area contributed by atoms with E-state index in [0.717, 1.165) is 47.4 Å². The maximum atomic E-state index is 6.17. The summed E-state index contributed by atoms with van der Waals surface area (Å²) in [6.45, 7) is 1.96. The molecule has 1 aliphatic carbocycles. The van der Waals surface area contributed by atoms with E-state index in [1.165, 1.54) is 11.5 Å². The number of rotatable bonds is 4. The van der Waals surface area contributed by atoms with Crippen molar-refractivity contribution < 1.29 is 4.74 Å². The van der Waals surface area contributed by atoms with Gasteiger partial charge in [-0.05, 0) is 56.3 Å². The fourth-order valence-corrected chi connectivity index (χ4v) is 3.61. The molecular formula is C16H20N6OS. The van der Waals surface area contributed by atoms with Crippen molar-refractivity contribution in [3.05, 3.63) is 24.0 Å². The molecule has 0 radical (unpaired) electrons. The first-order chi connectivity index (χ1) is 11.7. The van der Waals surface area contributed by atoms with Crippen molar-refractivity contribution in [2.24, 2.45) is 5.73 Å². The van der Waals surface area contributed by atoms with Gasteiger partial charge in [0, 0.05) is 12.2 Å². The largest absolute Gasteiger partial charge is 0.473 e. The Labute approximate surface area is 143 Å². The lowest BCUT2D eigenvalue weighted by Crippen LogP contribution is -2.31. The number of nitrogens with two attached hydrogens (primary N) is 1. The number of aromatic nitrogens is 4. The molecule has 8 heteroatoms. The Bertz CT molecular complexity index is 836. The van der Waals surface area contributed by atoms with Crippen LogP contribution in [0.25, 0.3) is 11.0 Å². The molecule has 3 aromatic heterocycles. The molecule has 1 aliphatic rings. The number of nitrogens with zero attached hydrogens (tertiary/aromatic N) is 3. The molecule has 3 aromatic rings. The van der Waals surface area contributed by atoms with E-state index in [0.29, 0.717) is 17.9 Å². The quantitative estimate of drug-likeness (QED) is 0.672. The van der Waals surface area contributed by atoms with Gasteiger partial charge in [-0.3, -0.25) is 0 Å². The monoisotopic (exact) mass is 344 g/mol. The number of hydrogen-bond acceptors (Lipinski definition) is 7. The van der Waals surface area contributed by atoms with Gasteiger partial charge in [0.2, 0.25) is 11.8 Å². The van der Waals surface area contributed by atoms with E-state index >= 15 is 0 Å². The third-order valence-electron chi connectivity index (χ3n) is 4.23. The lowest BCUT2D eigenvalue weighted by molar-refractivity contribution is 0.143. The Morgan fingerprint density at radius 2 is 2.12 bits per heavy atom. The maximum absolute atomic E-state index is 6.17. The predicted molar refractivity (Wildman–Crippen MR) is 94.9 cm³/mol. The number of ether oxygens (including phenoxy) is 1. The van der Waals surface area contributed by atoms with E-state index in [1.54, 1.807) is 0 Å². The number of nitrogens with one attached hydrogen (secondary N) is 2. The van der Waals surface area contributed by atoms with Crippen LogP contribution in [0.5, 0.6) is 5.88 Å². The van der Waals surface area contributed by atoms with E-state index in [9.17, 15) is 0 Å². The Kier molecular flexibility index (Phi) is 4.07. The summed E-state index contributed by atoms with van der Waals surface area (Å²) in [6.07, 6.45) is 5.92. The summed E-state index contributed by atoms with van der Waals surface area (Å²) in [5.41, 5.74) is 8.61. The Morgan fingerprint density at radius 1 is 1.29 bits per heavy atom. The molecule has 0 aliphatic heterocycles. The average Bonchev–Trinajstić information content (AvgIpc) is 3.19. The summed E-state index contributed by atoms with van der Waals surface area (Å²) in [7, 11) is 0. The third kappa shape index (κ3) is 3.20. The predicted octanol–water partition coefficient (Wildman–Crippen LogP) is 3.12. The zero-order chi connectivity index (χ0) is 16.5. The van der Waals surface area contributed by atoms with E-state index in [2.05, 4.69) is 24.6 Å². The van der Waals surface area contributed by atoms with Crippen molar-refractivity contribution in [3.63, 3.8) is 0 Å². The van der Waals surface area contributed by atoms with Gasteiger partial charge < -0.3 is 20.8 Å². The summed E-state index contributed by atoms with van der Waals surface area (Å²) >= 11 is 1.39. The van der Waals surface area contributed by atoms with Gasteiger partial charge in [0.05, 0.1) is 11.2 Å². The normalized spacial score (nSPS) is 21.1. The van der Waals surface area contributed by atoms with Crippen molar-refractivity contribution in [1.82, 2.24) is 19.3 Å². The molecule has 4 rings (SSSR count). The lowest BCUT2D eigenvalue weighted by atomic mass is 9.94. The van der Waals surface area contributed by atoms with Gasteiger partial charge in [0.15, 0.2) is 0 Å². The average molecular weight is 344 g/mol. The SMILES string of the molecule is Cc1cc(Nc2nc(OC3CCC(N)CC3)c3[nH]ccc3n2)sn1. The zero-order valence-electron chi connectivity index (χ0n) is 13.5. The van der Waals surface area contributed by atoms with Gasteiger partial charge in [0.25, 0.3) is 0 Å². The van der Waals surface area contributed by atoms with Crippen LogP contribution in [0, 0.1) is 6.92 Å². The van der Waals surface area contributed by atoms with E-state index < -0.39 is 0 Å². The van der Waals surface area contributed by atoms with Crippen molar-refractivity contribution in [3.8, 4) is 5.88 Å². The highest BCUT2D eigenvalue weighted by atomic mass is 32.1. The fraction of sp³-hybridized carbons (Fsp3) is 0.438. The zero-order valence-corrected chi connectivity index (χ0v) is 14.3. The minimum Gasteiger partial charge on any atom is -0.473 e. The molecule has 0 spiro atoms. The van der Waals surface area contributed by atoms with E-state index in [-0.39, 0.29) is 6.10 Å². The molecule has 1 saturated carbocycles. The van der Waals surface area contributed by atoms with Crippen molar-refractivity contribution in [1.29, 1.82) is 0 Å². The van der Waals surface area contributed by atoms with Crippen LogP contribution in [-0.2, 0) is 0 Å². The Balaban J connectivity index is 1.60. The van der Waals surface area contributed by atoms with E-state index in [1.807, 2.05) is 25.3 Å². The number of H-pyrrole nitrogens is 1. The van der Waals surface area contributed by atoms with Crippen LogP contribution >= 0.6 is 11.5 Å². The first-order valence-corrected chi connectivity index (χ1v) is 8.92. The standard InChI is InChI=1S/C16H20N6OS/c1-9-8-13(24-22-9)20-16-19-12-6-7-18-14(12)15(21-16)23-11-4-2-10(17)3-5-11/h6-8,10-11,18H,2-5,17H2,1H3,(H,19,20,21). The van der Waals surface area contributed by atoms with Crippen LogP contribution in [0.1, 0.15) is 31.4 Å². The van der Waals surface area contributed by atoms with Gasteiger partial charge in [-0.2, -0.15) is 9.36 Å². The topological polar surface area (TPSA) is 102 Å². The third-order valence-corrected chi connectivity index (χ3v) is 5.03. The number of hydrogen-bond donors (Lipinski definition) is 3. The highest BCUT2D eigenvalue weighted by molar-refractivity contribution is 7.10. The molecule has 1 fully saturated rings. The number of anilines is 2. The molecule has 0 amide bonds. The number of aryl methyl sites for hydroxylation is 1. The molecule has 3 heterocycles. The van der Waals surface area contributed by atoms with Crippen molar-refractivity contribution >= 4 is 33.5 Å². The highest BCUT2D eigenvalue weighted by Gasteiger charge is 2.22. The Hall–Kier alpha value is -2.19. The van der Waals surface area contributed by atoms with Crippen LogP contribution in [0.2, 0.25) is 0 Å². The second-order valence-electron chi connectivity index (χ2n) is 6.20. The molecule has 7 nitrogen and oxygen atoms in total. The second kappa shape index (κ2) is 6.37. The molecule has 0 aromatic carbocycles. The number of fused-ring (bicyclic) bond motifs is 1. The summed E-state index contributed by atoms with van der Waals surface area (Å²) in [4.78, 5) is 12.3. The molecule has 0 bridgehead atoms. The molecule has 0 saturated heterocycles. The van der Waals surface area contributed by atoms with Crippen LogP contribution < -0.4 is 15.8 Å². The maximum Gasteiger partial charge on any atom is 0.243 e. The summed E-state index contributed by atoms with van der Waals surface area (Å²) in [6, 6.07) is 4.19. The van der Waals surface area contributed by atoms with Crippen LogP contribution in [0.3, 0.4) is 0 Å². The minimum atomic E-state index is 0.157. The summed E-state index contributed by atoms with van der Waals surface area (Å²) in [5.74, 6) is 1.11. The van der Waals surface area contributed by atoms with Gasteiger partial charge in [-0.1, -0.05) is 0 Å². The van der Waals surface area contributed by atoms with E-state index in [4.69, 9.17) is 10.5 Å². The molecule has 4 N–H and O–H groups in total. The van der Waals surface area contributed by atoms with Gasteiger partial charge in [-0.25, -0.2) is 4.98 Å². The first-order valence-electron chi connectivity index (χ1n) is 8.15. The van der Waals surface area contributed by atoms with Gasteiger partial charge >= 0.3 is 0 Å². The molecule has 24 heavy (non-hydrogen) atoms. The van der Waals surface area contributed by atoms with Crippen LogP contribution in [-0.4, -0.2) is 31.5 Å². The molecule has 126 valence electrons. The van der Waals surface area contributed by atoms with Crippen molar-refractivity contribution in [2.45, 2.75) is 44.8 Å².